The summed E-state index contributed by atoms with van der Waals surface area (Å²) in [5.41, 5.74) is 2.72. The molecule has 0 radical (unpaired) electrons. The van der Waals surface area contributed by atoms with Crippen molar-refractivity contribution in [1.82, 2.24) is 14.7 Å². The molecular formula is C19H17F3N6O2S. The number of hydrogen-bond donors (Lipinski definition) is 5. The fourth-order valence-corrected chi connectivity index (χ4v) is 3.22. The normalized spacial score (nSPS) is 11.4. The molecule has 0 unspecified atom stereocenters. The van der Waals surface area contributed by atoms with E-state index < -0.39 is 25.4 Å². The second-order valence-electron chi connectivity index (χ2n) is 6.30. The number of aliphatic hydroxyl groups excluding tert-OH is 1. The molecule has 1 aromatic carbocycles. The Labute approximate surface area is 178 Å². The number of imidazole rings is 1. The van der Waals surface area contributed by atoms with Gasteiger partial charge in [0.2, 0.25) is 0 Å². The number of halogens is 3. The highest BCUT2D eigenvalue weighted by molar-refractivity contribution is 8.26. The first-order chi connectivity index (χ1) is 14.7. The first-order valence-electron chi connectivity index (χ1n) is 8.80. The first kappa shape index (κ1) is 22.3. The van der Waals surface area contributed by atoms with Crippen molar-refractivity contribution in [1.29, 1.82) is 10.8 Å². The zero-order valence-electron chi connectivity index (χ0n) is 15.8. The molecule has 0 aliphatic rings. The quantitative estimate of drug-likeness (QED) is 0.300. The van der Waals surface area contributed by atoms with Crippen LogP contribution in [0.25, 0.3) is 16.9 Å². The van der Waals surface area contributed by atoms with E-state index in [1.54, 1.807) is 58.5 Å². The molecule has 0 saturated carbocycles. The largest absolute Gasteiger partial charge is 0.405 e. The average molecular weight is 450 g/mol. The number of nitrogens with zero attached hydrogens (tertiary/aromatic N) is 2. The highest BCUT2D eigenvalue weighted by Crippen LogP contribution is 2.25. The summed E-state index contributed by atoms with van der Waals surface area (Å²) in [7, 11) is 0. The number of carbonyl (C=O) groups excluding carboxylic acids is 1. The number of amides is 2. The third-order valence-corrected chi connectivity index (χ3v) is 4.83. The number of rotatable bonds is 5. The van der Waals surface area contributed by atoms with Crippen LogP contribution in [0.4, 0.5) is 23.7 Å². The van der Waals surface area contributed by atoms with E-state index >= 15 is 0 Å². The Morgan fingerprint density at radius 1 is 1.23 bits per heavy atom. The number of benzene rings is 1. The topological polar surface area (TPSA) is 126 Å². The summed E-state index contributed by atoms with van der Waals surface area (Å²) >= 11 is 0.841. The number of aromatic nitrogens is 2. The third-order valence-electron chi connectivity index (χ3n) is 4.01. The monoisotopic (exact) mass is 450 g/mol. The van der Waals surface area contributed by atoms with Crippen LogP contribution in [0.15, 0.2) is 48.8 Å². The van der Waals surface area contributed by atoms with Gasteiger partial charge in [-0.25, -0.2) is 9.78 Å². The number of aliphatic hydroxyl groups is 1. The van der Waals surface area contributed by atoms with Gasteiger partial charge in [-0.1, -0.05) is 23.9 Å². The molecule has 162 valence electrons. The number of anilines is 1. The molecule has 3 rings (SSSR count). The smallest absolute Gasteiger partial charge is 0.390 e. The van der Waals surface area contributed by atoms with Gasteiger partial charge in [0.25, 0.3) is 0 Å². The number of urea groups is 1. The summed E-state index contributed by atoms with van der Waals surface area (Å²) < 4.78 is 38.4. The molecule has 0 spiro atoms. The predicted molar refractivity (Wildman–Crippen MR) is 113 cm³/mol. The van der Waals surface area contributed by atoms with Crippen molar-refractivity contribution >= 4 is 39.2 Å². The Hall–Kier alpha value is -3.38. The molecule has 0 aliphatic carbocycles. The highest BCUT2D eigenvalue weighted by atomic mass is 32.2. The Kier molecular flexibility index (Phi) is 6.61. The maximum Gasteiger partial charge on any atom is 0.405 e. The molecule has 0 aliphatic heterocycles. The van der Waals surface area contributed by atoms with Crippen LogP contribution in [0.3, 0.4) is 0 Å². The van der Waals surface area contributed by atoms with Crippen LogP contribution in [-0.2, 0) is 0 Å². The molecule has 0 fully saturated rings. The molecule has 12 heteroatoms. The molecule has 3 aromatic rings. The van der Waals surface area contributed by atoms with E-state index in [-0.39, 0.29) is 10.1 Å². The Morgan fingerprint density at radius 3 is 2.71 bits per heavy atom. The van der Waals surface area contributed by atoms with Crippen molar-refractivity contribution in [2.45, 2.75) is 6.18 Å². The maximum absolute atomic E-state index is 12.2. The van der Waals surface area contributed by atoms with Gasteiger partial charge in [-0.05, 0) is 24.3 Å². The van der Waals surface area contributed by atoms with Gasteiger partial charge in [-0.2, -0.15) is 13.2 Å². The number of carbonyl (C=O) groups is 1. The number of pyridine rings is 1. The van der Waals surface area contributed by atoms with Gasteiger partial charge in [0.05, 0.1) is 23.5 Å². The van der Waals surface area contributed by atoms with Crippen LogP contribution < -0.4 is 10.6 Å². The van der Waals surface area contributed by atoms with Gasteiger partial charge in [0.15, 0.2) is 0 Å². The van der Waals surface area contributed by atoms with Crippen molar-refractivity contribution in [2.75, 3.05) is 18.5 Å². The Morgan fingerprint density at radius 2 is 2.00 bits per heavy atom. The molecule has 31 heavy (non-hydrogen) atoms. The van der Waals surface area contributed by atoms with E-state index in [1.807, 2.05) is 0 Å². The molecular weight excluding hydrogens is 433 g/mol. The summed E-state index contributed by atoms with van der Waals surface area (Å²) in [4.78, 5) is 16.0. The summed E-state index contributed by atoms with van der Waals surface area (Å²) in [6, 6.07) is 8.92. The van der Waals surface area contributed by atoms with Gasteiger partial charge in [-0.15, -0.1) is 0 Å². The van der Waals surface area contributed by atoms with Crippen molar-refractivity contribution in [3.63, 3.8) is 0 Å². The van der Waals surface area contributed by atoms with Gasteiger partial charge in [0.1, 0.15) is 17.2 Å². The van der Waals surface area contributed by atoms with Crippen LogP contribution in [0.1, 0.15) is 5.56 Å². The summed E-state index contributed by atoms with van der Waals surface area (Å²) in [5, 5.41) is 28.6. The zero-order valence-corrected chi connectivity index (χ0v) is 16.6. The SMILES string of the molecule is N=C(CO)SC(=N)c1ccn2c(-c3cccc(NC(=O)NCC(F)(F)F)c3)cnc2c1. The molecule has 2 aromatic heterocycles. The van der Waals surface area contributed by atoms with E-state index in [4.69, 9.17) is 15.9 Å². The minimum absolute atomic E-state index is 0.0440. The van der Waals surface area contributed by atoms with Gasteiger partial charge >= 0.3 is 12.2 Å². The fraction of sp³-hybridized carbons (Fsp3) is 0.158. The molecule has 8 nitrogen and oxygen atoms in total. The van der Waals surface area contributed by atoms with Crippen molar-refractivity contribution in [3.05, 3.63) is 54.4 Å². The van der Waals surface area contributed by atoms with E-state index in [1.165, 1.54) is 0 Å². The van der Waals surface area contributed by atoms with Crippen molar-refractivity contribution in [3.8, 4) is 11.3 Å². The van der Waals surface area contributed by atoms with E-state index in [0.717, 1.165) is 11.8 Å². The van der Waals surface area contributed by atoms with Crippen molar-refractivity contribution < 1.29 is 23.1 Å². The number of nitrogens with one attached hydrogen (secondary N) is 4. The number of fused-ring (bicyclic) bond motifs is 1. The average Bonchev–Trinajstić information content (AvgIpc) is 3.15. The third kappa shape index (κ3) is 5.83. The highest BCUT2D eigenvalue weighted by Gasteiger charge is 2.27. The first-order valence-corrected chi connectivity index (χ1v) is 9.62. The van der Waals surface area contributed by atoms with Crippen LogP contribution in [0.5, 0.6) is 0 Å². The van der Waals surface area contributed by atoms with Crippen molar-refractivity contribution in [2.24, 2.45) is 0 Å². The number of alkyl halides is 3. The molecule has 2 amide bonds. The lowest BCUT2D eigenvalue weighted by Gasteiger charge is -2.11. The lowest BCUT2D eigenvalue weighted by atomic mass is 10.1. The lowest BCUT2D eigenvalue weighted by Crippen LogP contribution is -2.36. The minimum atomic E-state index is -4.50. The van der Waals surface area contributed by atoms with E-state index in [9.17, 15) is 18.0 Å². The number of thioether (sulfide) groups is 1. The Bertz CT molecular complexity index is 1150. The van der Waals surface area contributed by atoms with E-state index in [2.05, 4.69) is 10.3 Å². The zero-order chi connectivity index (χ0) is 22.6. The lowest BCUT2D eigenvalue weighted by molar-refractivity contribution is -0.122. The van der Waals surface area contributed by atoms with Gasteiger partial charge < -0.3 is 15.7 Å². The van der Waals surface area contributed by atoms with Gasteiger partial charge in [0, 0.05) is 23.0 Å². The molecule has 0 atom stereocenters. The summed E-state index contributed by atoms with van der Waals surface area (Å²) in [6.07, 6.45) is -1.21. The van der Waals surface area contributed by atoms with E-state index in [0.29, 0.717) is 28.2 Å². The van der Waals surface area contributed by atoms with Crippen LogP contribution in [-0.4, -0.2) is 49.9 Å². The molecule has 0 saturated heterocycles. The summed E-state index contributed by atoms with van der Waals surface area (Å²) in [5.74, 6) is 0. The molecule has 2 heterocycles. The number of hydrogen-bond acceptors (Lipinski definition) is 6. The second-order valence-corrected chi connectivity index (χ2v) is 7.41. The van der Waals surface area contributed by atoms with Crippen LogP contribution in [0.2, 0.25) is 0 Å². The van der Waals surface area contributed by atoms with Gasteiger partial charge in [-0.3, -0.25) is 15.2 Å². The maximum atomic E-state index is 12.2. The fourth-order valence-electron chi connectivity index (χ4n) is 2.66. The molecule has 5 N–H and O–H groups in total. The Balaban J connectivity index is 1.79. The molecule has 0 bridgehead atoms. The standard InChI is InChI=1S/C19H17F3N6O2S/c20-19(21,22)10-26-18(30)27-13-3-1-2-11(6-13)14-8-25-16-7-12(4-5-28(14)16)17(24)31-15(23)9-29/h1-8,23-24,29H,9-10H2,(H2,26,27,30). The summed E-state index contributed by atoms with van der Waals surface area (Å²) in [6.45, 7) is -1.87. The van der Waals surface area contributed by atoms with Crippen LogP contribution in [0, 0.1) is 10.8 Å². The second kappa shape index (κ2) is 9.18. The predicted octanol–water partition coefficient (Wildman–Crippen LogP) is 3.71. The van der Waals surface area contributed by atoms with Crippen LogP contribution >= 0.6 is 11.8 Å². The minimum Gasteiger partial charge on any atom is -0.390 e.